The van der Waals surface area contributed by atoms with Crippen molar-refractivity contribution in [1.29, 1.82) is 0 Å². The number of anilines is 1. The van der Waals surface area contributed by atoms with E-state index in [0.29, 0.717) is 6.04 Å². The fourth-order valence-electron chi connectivity index (χ4n) is 1.80. The van der Waals surface area contributed by atoms with Gasteiger partial charge in [-0.3, -0.25) is 0 Å². The standard InChI is InChI=1S/C10H18N4/c1-2-9-7-12-10(13-9)14-5-3-8(11)4-6-14/h7-8H,2-6,11H2,1H3,(H,12,13). The molecule has 0 atom stereocenters. The van der Waals surface area contributed by atoms with E-state index in [0.717, 1.165) is 38.3 Å². The van der Waals surface area contributed by atoms with E-state index in [1.807, 2.05) is 6.20 Å². The Bertz CT molecular complexity index is 286. The number of H-pyrrole nitrogens is 1. The first-order valence-electron chi connectivity index (χ1n) is 5.34. The molecule has 1 aliphatic heterocycles. The minimum absolute atomic E-state index is 0.381. The van der Waals surface area contributed by atoms with E-state index in [2.05, 4.69) is 21.8 Å². The number of hydrogen-bond donors (Lipinski definition) is 2. The number of nitrogens with two attached hydrogens (primary N) is 1. The lowest BCUT2D eigenvalue weighted by molar-refractivity contribution is 0.496. The number of nitrogens with zero attached hydrogens (tertiary/aromatic N) is 2. The van der Waals surface area contributed by atoms with Crippen molar-refractivity contribution in [2.45, 2.75) is 32.2 Å². The van der Waals surface area contributed by atoms with Gasteiger partial charge in [-0.2, -0.15) is 0 Å². The van der Waals surface area contributed by atoms with Crippen molar-refractivity contribution in [3.8, 4) is 0 Å². The molecule has 0 unspecified atom stereocenters. The molecule has 78 valence electrons. The first-order chi connectivity index (χ1) is 6.79. The molecule has 0 spiro atoms. The second kappa shape index (κ2) is 4.00. The Morgan fingerprint density at radius 3 is 2.86 bits per heavy atom. The summed E-state index contributed by atoms with van der Waals surface area (Å²) in [6, 6.07) is 0.381. The normalized spacial score (nSPS) is 18.9. The van der Waals surface area contributed by atoms with Crippen LogP contribution < -0.4 is 10.6 Å². The van der Waals surface area contributed by atoms with Crippen molar-refractivity contribution < 1.29 is 0 Å². The third-order valence-electron chi connectivity index (χ3n) is 2.84. The highest BCUT2D eigenvalue weighted by Gasteiger charge is 2.17. The summed E-state index contributed by atoms with van der Waals surface area (Å²) in [7, 11) is 0. The van der Waals surface area contributed by atoms with Crippen molar-refractivity contribution in [2.75, 3.05) is 18.0 Å². The maximum atomic E-state index is 5.85. The van der Waals surface area contributed by atoms with Crippen LogP contribution in [0, 0.1) is 0 Å². The van der Waals surface area contributed by atoms with E-state index >= 15 is 0 Å². The lowest BCUT2D eigenvalue weighted by atomic mass is 10.1. The lowest BCUT2D eigenvalue weighted by Gasteiger charge is -2.29. The second-order valence-electron chi connectivity index (χ2n) is 3.91. The van der Waals surface area contributed by atoms with Crippen molar-refractivity contribution in [2.24, 2.45) is 5.73 Å². The fraction of sp³-hybridized carbons (Fsp3) is 0.700. The van der Waals surface area contributed by atoms with Crippen LogP contribution in [0.3, 0.4) is 0 Å². The zero-order valence-electron chi connectivity index (χ0n) is 8.66. The molecular weight excluding hydrogens is 176 g/mol. The van der Waals surface area contributed by atoms with E-state index in [1.165, 1.54) is 5.69 Å². The maximum absolute atomic E-state index is 5.85. The summed E-state index contributed by atoms with van der Waals surface area (Å²) < 4.78 is 0. The summed E-state index contributed by atoms with van der Waals surface area (Å²) in [6.45, 7) is 4.18. The molecule has 1 aromatic rings. The van der Waals surface area contributed by atoms with Gasteiger partial charge in [0, 0.05) is 24.8 Å². The van der Waals surface area contributed by atoms with Gasteiger partial charge in [0.25, 0.3) is 0 Å². The summed E-state index contributed by atoms with van der Waals surface area (Å²) >= 11 is 0. The molecule has 0 aliphatic carbocycles. The van der Waals surface area contributed by atoms with Crippen LogP contribution >= 0.6 is 0 Å². The quantitative estimate of drug-likeness (QED) is 0.735. The van der Waals surface area contributed by atoms with Crippen LogP contribution in [-0.4, -0.2) is 29.1 Å². The number of aromatic nitrogens is 2. The van der Waals surface area contributed by atoms with Gasteiger partial charge in [-0.15, -0.1) is 0 Å². The Morgan fingerprint density at radius 2 is 2.29 bits per heavy atom. The Morgan fingerprint density at radius 1 is 1.57 bits per heavy atom. The maximum Gasteiger partial charge on any atom is 0.202 e. The lowest BCUT2D eigenvalue weighted by Crippen LogP contribution is -2.40. The molecule has 0 radical (unpaired) electrons. The van der Waals surface area contributed by atoms with Gasteiger partial charge < -0.3 is 15.6 Å². The fourth-order valence-corrected chi connectivity index (χ4v) is 1.80. The molecule has 14 heavy (non-hydrogen) atoms. The topological polar surface area (TPSA) is 57.9 Å². The van der Waals surface area contributed by atoms with Gasteiger partial charge in [-0.1, -0.05) is 6.92 Å². The third-order valence-corrected chi connectivity index (χ3v) is 2.84. The predicted octanol–water partition coefficient (Wildman–Crippen LogP) is 0.900. The van der Waals surface area contributed by atoms with Crippen LogP contribution in [0.25, 0.3) is 0 Å². The average molecular weight is 194 g/mol. The molecule has 4 heteroatoms. The number of imidazole rings is 1. The number of aryl methyl sites for hydroxylation is 1. The van der Waals surface area contributed by atoms with Gasteiger partial charge in [0.15, 0.2) is 0 Å². The van der Waals surface area contributed by atoms with Crippen molar-refractivity contribution in [3.05, 3.63) is 11.9 Å². The smallest absolute Gasteiger partial charge is 0.202 e. The van der Waals surface area contributed by atoms with Gasteiger partial charge in [0.2, 0.25) is 5.95 Å². The first-order valence-corrected chi connectivity index (χ1v) is 5.34. The molecule has 1 fully saturated rings. The van der Waals surface area contributed by atoms with E-state index < -0.39 is 0 Å². The molecular formula is C10H18N4. The Labute approximate surface area is 84.5 Å². The summed E-state index contributed by atoms with van der Waals surface area (Å²) in [5, 5.41) is 0. The Hall–Kier alpha value is -1.03. The van der Waals surface area contributed by atoms with Crippen LogP contribution in [0.2, 0.25) is 0 Å². The number of rotatable bonds is 2. The molecule has 4 nitrogen and oxygen atoms in total. The molecule has 1 aliphatic rings. The molecule has 0 aromatic carbocycles. The van der Waals surface area contributed by atoms with Crippen LogP contribution in [-0.2, 0) is 6.42 Å². The zero-order chi connectivity index (χ0) is 9.97. The SMILES string of the molecule is CCc1cnc(N2CCC(N)CC2)[nH]1. The monoisotopic (exact) mass is 194 g/mol. The second-order valence-corrected chi connectivity index (χ2v) is 3.91. The molecule has 3 N–H and O–H groups in total. The molecule has 0 amide bonds. The number of piperidine rings is 1. The molecule has 0 bridgehead atoms. The molecule has 2 heterocycles. The van der Waals surface area contributed by atoms with E-state index in [-0.39, 0.29) is 0 Å². The average Bonchev–Trinajstić information content (AvgIpc) is 2.67. The van der Waals surface area contributed by atoms with Gasteiger partial charge >= 0.3 is 0 Å². The largest absolute Gasteiger partial charge is 0.342 e. The first kappa shape index (κ1) is 9.52. The highest BCUT2D eigenvalue weighted by atomic mass is 15.3. The molecule has 2 rings (SSSR count). The van der Waals surface area contributed by atoms with Crippen LogP contribution in [0.15, 0.2) is 6.20 Å². The predicted molar refractivity (Wildman–Crippen MR) is 57.4 cm³/mol. The van der Waals surface area contributed by atoms with E-state index in [4.69, 9.17) is 5.73 Å². The molecule has 1 saturated heterocycles. The third kappa shape index (κ3) is 1.90. The highest BCUT2D eigenvalue weighted by Crippen LogP contribution is 2.15. The summed E-state index contributed by atoms with van der Waals surface area (Å²) in [4.78, 5) is 9.97. The summed E-state index contributed by atoms with van der Waals surface area (Å²) in [5.41, 5.74) is 7.05. The van der Waals surface area contributed by atoms with Crippen molar-refractivity contribution in [1.82, 2.24) is 9.97 Å². The summed E-state index contributed by atoms with van der Waals surface area (Å²) in [5.74, 6) is 1.01. The number of nitrogens with one attached hydrogen (secondary N) is 1. The Balaban J connectivity index is 2.01. The van der Waals surface area contributed by atoms with E-state index in [1.54, 1.807) is 0 Å². The zero-order valence-corrected chi connectivity index (χ0v) is 8.66. The van der Waals surface area contributed by atoms with Gasteiger partial charge in [0.1, 0.15) is 0 Å². The Kier molecular flexibility index (Phi) is 2.72. The van der Waals surface area contributed by atoms with Crippen LogP contribution in [0.5, 0.6) is 0 Å². The minimum atomic E-state index is 0.381. The number of hydrogen-bond acceptors (Lipinski definition) is 3. The molecule has 0 saturated carbocycles. The summed E-state index contributed by atoms with van der Waals surface area (Å²) in [6.07, 6.45) is 5.08. The molecule has 1 aromatic heterocycles. The van der Waals surface area contributed by atoms with Crippen LogP contribution in [0.1, 0.15) is 25.5 Å². The van der Waals surface area contributed by atoms with Crippen molar-refractivity contribution >= 4 is 5.95 Å². The van der Waals surface area contributed by atoms with E-state index in [9.17, 15) is 0 Å². The van der Waals surface area contributed by atoms with Crippen LogP contribution in [0.4, 0.5) is 5.95 Å². The van der Waals surface area contributed by atoms with Gasteiger partial charge in [0.05, 0.1) is 6.20 Å². The van der Waals surface area contributed by atoms with Crippen molar-refractivity contribution in [3.63, 3.8) is 0 Å². The minimum Gasteiger partial charge on any atom is -0.342 e. The van der Waals surface area contributed by atoms with Gasteiger partial charge in [-0.05, 0) is 19.3 Å². The highest BCUT2D eigenvalue weighted by molar-refractivity contribution is 5.32. The van der Waals surface area contributed by atoms with Gasteiger partial charge in [-0.25, -0.2) is 4.98 Å². The number of aromatic amines is 1.